The molecule has 1 aromatic heterocycles. The molecule has 1 aliphatic carbocycles. The third-order valence-electron chi connectivity index (χ3n) is 3.67. The van der Waals surface area contributed by atoms with E-state index in [4.69, 9.17) is 5.11 Å². The Balaban J connectivity index is 1.87. The van der Waals surface area contributed by atoms with Crippen LogP contribution in [0.15, 0.2) is 0 Å². The number of nitrogens with one attached hydrogen (secondary N) is 1. The van der Waals surface area contributed by atoms with E-state index < -0.39 is 0 Å². The maximum atomic E-state index is 8.73. The molecular weight excluding hydrogens is 238 g/mol. The molecule has 0 aliphatic heterocycles. The lowest BCUT2D eigenvalue weighted by atomic mass is 9.96. The van der Waals surface area contributed by atoms with Crippen molar-refractivity contribution < 1.29 is 5.11 Å². The van der Waals surface area contributed by atoms with Gasteiger partial charge in [0.2, 0.25) is 0 Å². The van der Waals surface area contributed by atoms with Crippen LogP contribution in [0.4, 0.5) is 5.82 Å². The molecule has 4 nitrogen and oxygen atoms in total. The summed E-state index contributed by atoms with van der Waals surface area (Å²) in [5.41, 5.74) is 2.59. The van der Waals surface area contributed by atoms with Gasteiger partial charge in [-0.2, -0.15) is 0 Å². The molecule has 0 amide bonds. The molecule has 0 spiro atoms. The number of anilines is 1. The first-order chi connectivity index (χ1) is 9.31. The third kappa shape index (κ3) is 4.16. The first kappa shape index (κ1) is 14.3. The summed E-state index contributed by atoms with van der Waals surface area (Å²) in [7, 11) is 0. The number of aliphatic hydroxyl groups is 1. The Labute approximate surface area is 115 Å². The summed E-state index contributed by atoms with van der Waals surface area (Å²) in [6, 6.07) is 0. The van der Waals surface area contributed by atoms with Crippen molar-refractivity contribution in [2.24, 2.45) is 0 Å². The van der Waals surface area contributed by atoms with E-state index in [1.165, 1.54) is 30.5 Å². The van der Waals surface area contributed by atoms with Crippen molar-refractivity contribution in [1.82, 2.24) is 9.97 Å². The lowest BCUT2D eigenvalue weighted by Gasteiger charge is -2.19. The van der Waals surface area contributed by atoms with Crippen LogP contribution in [0, 0.1) is 6.92 Å². The molecule has 0 fully saturated rings. The van der Waals surface area contributed by atoms with Crippen LogP contribution in [-0.4, -0.2) is 28.2 Å². The Morgan fingerprint density at radius 2 is 1.84 bits per heavy atom. The van der Waals surface area contributed by atoms with Gasteiger partial charge >= 0.3 is 0 Å². The van der Waals surface area contributed by atoms with E-state index in [-0.39, 0.29) is 0 Å². The van der Waals surface area contributed by atoms with Crippen LogP contribution in [-0.2, 0) is 12.8 Å². The van der Waals surface area contributed by atoms with Crippen molar-refractivity contribution in [3.05, 3.63) is 17.1 Å². The Bertz CT molecular complexity index is 407. The first-order valence-corrected chi connectivity index (χ1v) is 7.52. The van der Waals surface area contributed by atoms with Crippen LogP contribution in [0.3, 0.4) is 0 Å². The number of fused-ring (bicyclic) bond motifs is 1. The topological polar surface area (TPSA) is 58.0 Å². The Morgan fingerprint density at radius 1 is 1.05 bits per heavy atom. The largest absolute Gasteiger partial charge is 0.396 e. The van der Waals surface area contributed by atoms with E-state index >= 15 is 0 Å². The summed E-state index contributed by atoms with van der Waals surface area (Å²) >= 11 is 0. The molecule has 1 aliphatic rings. The van der Waals surface area contributed by atoms with Crippen LogP contribution in [0.1, 0.15) is 55.6 Å². The smallest absolute Gasteiger partial charge is 0.133 e. The van der Waals surface area contributed by atoms with Gasteiger partial charge in [0.05, 0.1) is 0 Å². The molecule has 4 heteroatoms. The average molecular weight is 263 g/mol. The van der Waals surface area contributed by atoms with Crippen LogP contribution in [0.2, 0.25) is 0 Å². The van der Waals surface area contributed by atoms with Crippen LogP contribution >= 0.6 is 0 Å². The molecule has 19 heavy (non-hydrogen) atoms. The molecule has 0 saturated heterocycles. The summed E-state index contributed by atoms with van der Waals surface area (Å²) in [4.78, 5) is 9.12. The molecule has 0 aromatic carbocycles. The summed E-state index contributed by atoms with van der Waals surface area (Å²) in [6.07, 6.45) is 9.06. The molecule has 0 atom stereocenters. The van der Waals surface area contributed by atoms with Gasteiger partial charge in [-0.05, 0) is 45.4 Å². The van der Waals surface area contributed by atoms with E-state index in [1.54, 1.807) is 0 Å². The minimum Gasteiger partial charge on any atom is -0.396 e. The van der Waals surface area contributed by atoms with Gasteiger partial charge in [-0.3, -0.25) is 0 Å². The van der Waals surface area contributed by atoms with E-state index in [0.717, 1.165) is 50.3 Å². The quantitative estimate of drug-likeness (QED) is 0.742. The normalized spacial score (nSPS) is 14.2. The number of hydrogen-bond donors (Lipinski definition) is 2. The zero-order valence-electron chi connectivity index (χ0n) is 11.9. The van der Waals surface area contributed by atoms with E-state index in [0.29, 0.717) is 6.61 Å². The Hall–Kier alpha value is -1.16. The lowest BCUT2D eigenvalue weighted by Crippen LogP contribution is -2.14. The predicted molar refractivity (Wildman–Crippen MR) is 77.5 cm³/mol. The van der Waals surface area contributed by atoms with E-state index in [9.17, 15) is 0 Å². The summed E-state index contributed by atoms with van der Waals surface area (Å²) < 4.78 is 0. The lowest BCUT2D eigenvalue weighted by molar-refractivity contribution is 0.283. The SMILES string of the molecule is Cc1nc2c(c(NCCCCCCO)n1)CCCC2. The van der Waals surface area contributed by atoms with Gasteiger partial charge < -0.3 is 10.4 Å². The molecule has 0 unspecified atom stereocenters. The highest BCUT2D eigenvalue weighted by atomic mass is 16.2. The Kier molecular flexibility index (Phi) is 5.58. The molecule has 0 bridgehead atoms. The maximum absolute atomic E-state index is 8.73. The minimum absolute atomic E-state index is 0.312. The molecule has 0 saturated carbocycles. The van der Waals surface area contributed by atoms with Gasteiger partial charge in [-0.25, -0.2) is 9.97 Å². The summed E-state index contributed by atoms with van der Waals surface area (Å²) in [6.45, 7) is 3.25. The number of rotatable bonds is 7. The summed E-state index contributed by atoms with van der Waals surface area (Å²) in [5.74, 6) is 1.94. The van der Waals surface area contributed by atoms with E-state index in [1.807, 2.05) is 6.92 Å². The van der Waals surface area contributed by atoms with Crippen LogP contribution < -0.4 is 5.32 Å². The molecular formula is C15H25N3O. The van der Waals surface area contributed by atoms with Gasteiger partial charge in [-0.1, -0.05) is 12.8 Å². The second kappa shape index (κ2) is 7.43. The van der Waals surface area contributed by atoms with Crippen molar-refractivity contribution in [2.45, 2.75) is 58.3 Å². The number of hydrogen-bond acceptors (Lipinski definition) is 4. The fourth-order valence-electron chi connectivity index (χ4n) is 2.66. The highest BCUT2D eigenvalue weighted by Gasteiger charge is 2.16. The highest BCUT2D eigenvalue weighted by molar-refractivity contribution is 5.47. The first-order valence-electron chi connectivity index (χ1n) is 7.52. The van der Waals surface area contributed by atoms with E-state index in [2.05, 4.69) is 15.3 Å². The minimum atomic E-state index is 0.312. The van der Waals surface area contributed by atoms with Crippen LogP contribution in [0.25, 0.3) is 0 Å². The van der Waals surface area contributed by atoms with Crippen molar-refractivity contribution in [1.29, 1.82) is 0 Å². The molecule has 2 rings (SSSR count). The molecule has 1 heterocycles. The van der Waals surface area contributed by atoms with Gasteiger partial charge in [0, 0.05) is 24.4 Å². The monoisotopic (exact) mass is 263 g/mol. The standard InChI is InChI=1S/C15H25N3O/c1-12-17-14-9-5-4-8-13(14)15(18-12)16-10-6-2-3-7-11-19/h19H,2-11H2,1H3,(H,16,17,18). The van der Waals surface area contributed by atoms with Gasteiger partial charge in [0.25, 0.3) is 0 Å². The number of aliphatic hydroxyl groups excluding tert-OH is 1. The number of nitrogens with zero attached hydrogens (tertiary/aromatic N) is 2. The fourth-order valence-corrected chi connectivity index (χ4v) is 2.66. The van der Waals surface area contributed by atoms with Crippen molar-refractivity contribution in [2.75, 3.05) is 18.5 Å². The number of aromatic nitrogens is 2. The zero-order chi connectivity index (χ0) is 13.5. The molecule has 2 N–H and O–H groups in total. The van der Waals surface area contributed by atoms with Crippen LogP contribution in [0.5, 0.6) is 0 Å². The fraction of sp³-hybridized carbons (Fsp3) is 0.733. The second-order valence-corrected chi connectivity index (χ2v) is 5.32. The van der Waals surface area contributed by atoms with Crippen molar-refractivity contribution >= 4 is 5.82 Å². The second-order valence-electron chi connectivity index (χ2n) is 5.32. The predicted octanol–water partition coefficient (Wildman–Crippen LogP) is 2.63. The number of aryl methyl sites for hydroxylation is 2. The molecule has 0 radical (unpaired) electrons. The number of unbranched alkanes of at least 4 members (excludes halogenated alkanes) is 3. The highest BCUT2D eigenvalue weighted by Crippen LogP contribution is 2.25. The molecule has 106 valence electrons. The van der Waals surface area contributed by atoms with Gasteiger partial charge in [0.1, 0.15) is 11.6 Å². The zero-order valence-corrected chi connectivity index (χ0v) is 11.9. The summed E-state index contributed by atoms with van der Waals surface area (Å²) in [5, 5.41) is 12.2. The maximum Gasteiger partial charge on any atom is 0.133 e. The average Bonchev–Trinajstić information content (AvgIpc) is 2.42. The van der Waals surface area contributed by atoms with Gasteiger partial charge in [0.15, 0.2) is 0 Å². The third-order valence-corrected chi connectivity index (χ3v) is 3.67. The van der Waals surface area contributed by atoms with Gasteiger partial charge in [-0.15, -0.1) is 0 Å². The van der Waals surface area contributed by atoms with Crippen molar-refractivity contribution in [3.8, 4) is 0 Å². The van der Waals surface area contributed by atoms with Crippen molar-refractivity contribution in [3.63, 3.8) is 0 Å². The Morgan fingerprint density at radius 3 is 2.68 bits per heavy atom. The molecule has 1 aromatic rings.